The van der Waals surface area contributed by atoms with E-state index in [0.29, 0.717) is 11.4 Å². The highest BCUT2D eigenvalue weighted by molar-refractivity contribution is 7.93. The number of carbonyl (C=O) groups is 1. The largest absolute Gasteiger partial charge is 0.386 e. The van der Waals surface area contributed by atoms with Crippen LogP contribution in [0.1, 0.15) is 53.9 Å². The molecule has 1 aromatic carbocycles. The van der Waals surface area contributed by atoms with E-state index < -0.39 is 20.1 Å². The topological polar surface area (TPSA) is 107 Å². The van der Waals surface area contributed by atoms with E-state index in [-0.39, 0.29) is 29.5 Å². The number of hydrogen-bond donors (Lipinski definition) is 1. The first kappa shape index (κ1) is 21.1. The average molecular weight is 449 g/mol. The van der Waals surface area contributed by atoms with Crippen LogP contribution in [0.2, 0.25) is 5.02 Å². The Morgan fingerprint density at radius 1 is 1.33 bits per heavy atom. The Morgan fingerprint density at radius 2 is 2.07 bits per heavy atom. The zero-order chi connectivity index (χ0) is 21.9. The summed E-state index contributed by atoms with van der Waals surface area (Å²) in [6.07, 6.45) is 4.00. The molecule has 30 heavy (non-hydrogen) atoms. The van der Waals surface area contributed by atoms with Crippen LogP contribution in [-0.4, -0.2) is 40.3 Å². The van der Waals surface area contributed by atoms with Gasteiger partial charge in [-0.3, -0.25) is 14.5 Å². The molecule has 1 aliphatic carbocycles. The van der Waals surface area contributed by atoms with Gasteiger partial charge in [-0.05, 0) is 49.8 Å². The molecule has 9 heteroatoms. The molecule has 2 aliphatic rings. The third-order valence-corrected chi connectivity index (χ3v) is 9.18. The highest BCUT2D eigenvalue weighted by Gasteiger charge is 2.51. The van der Waals surface area contributed by atoms with Gasteiger partial charge in [-0.15, -0.1) is 0 Å². The van der Waals surface area contributed by atoms with Gasteiger partial charge in [0.1, 0.15) is 21.8 Å². The molecule has 0 fully saturated rings. The van der Waals surface area contributed by atoms with Crippen LogP contribution >= 0.6 is 11.6 Å². The number of amidine groups is 1. The maximum Gasteiger partial charge on any atom is 0.188 e. The molecule has 1 aromatic heterocycles. The number of rotatable bonds is 3. The second kappa shape index (κ2) is 6.92. The highest BCUT2D eigenvalue weighted by Crippen LogP contribution is 2.45. The molecule has 2 heterocycles. The number of aromatic nitrogens is 2. The molecule has 1 spiro atoms. The van der Waals surface area contributed by atoms with Crippen LogP contribution in [0.15, 0.2) is 29.4 Å². The first-order valence-electron chi connectivity index (χ1n) is 9.88. The van der Waals surface area contributed by atoms with Crippen molar-refractivity contribution in [3.63, 3.8) is 0 Å². The number of aryl methyl sites for hydroxylation is 2. The van der Waals surface area contributed by atoms with E-state index in [4.69, 9.17) is 22.3 Å². The molecule has 160 valence electrons. The summed E-state index contributed by atoms with van der Waals surface area (Å²) in [5.41, 5.74) is 8.18. The lowest BCUT2D eigenvalue weighted by Crippen LogP contribution is -2.56. The molecule has 0 saturated heterocycles. The molecule has 1 atom stereocenters. The summed E-state index contributed by atoms with van der Waals surface area (Å²) in [7, 11) is -1.79. The van der Waals surface area contributed by atoms with E-state index >= 15 is 0 Å². The van der Waals surface area contributed by atoms with Crippen molar-refractivity contribution in [3.8, 4) is 0 Å². The average Bonchev–Trinajstić information content (AvgIpc) is 2.99. The third-order valence-electron chi connectivity index (χ3n) is 6.28. The summed E-state index contributed by atoms with van der Waals surface area (Å²) in [5.74, 6) is -0.126. The van der Waals surface area contributed by atoms with Crippen LogP contribution in [0.4, 0.5) is 0 Å². The summed E-state index contributed by atoms with van der Waals surface area (Å²) >= 11 is 6.11. The lowest BCUT2D eigenvalue weighted by Gasteiger charge is -2.43. The number of halogens is 1. The van der Waals surface area contributed by atoms with Crippen molar-refractivity contribution in [3.05, 3.63) is 51.8 Å². The van der Waals surface area contributed by atoms with Gasteiger partial charge in [-0.1, -0.05) is 29.8 Å². The summed E-state index contributed by atoms with van der Waals surface area (Å²) in [5, 5.41) is 4.45. The number of aliphatic imine (C=N–C) groups is 1. The monoisotopic (exact) mass is 448 g/mol. The quantitative estimate of drug-likeness (QED) is 0.726. The van der Waals surface area contributed by atoms with Gasteiger partial charge in [0.15, 0.2) is 15.6 Å². The van der Waals surface area contributed by atoms with Gasteiger partial charge in [0, 0.05) is 19.7 Å². The molecule has 2 aromatic rings. The molecule has 0 bridgehead atoms. The van der Waals surface area contributed by atoms with Gasteiger partial charge in [0.2, 0.25) is 0 Å². The summed E-state index contributed by atoms with van der Waals surface area (Å²) in [6.45, 7) is 3.20. The van der Waals surface area contributed by atoms with E-state index in [1.165, 1.54) is 4.68 Å². The van der Waals surface area contributed by atoms with Crippen molar-refractivity contribution in [1.82, 2.24) is 9.78 Å². The molecule has 1 aliphatic heterocycles. The van der Waals surface area contributed by atoms with E-state index in [1.54, 1.807) is 27.1 Å². The number of Topliss-reactive ketones (excluding diaryl/α,β-unsaturated/α-hetero) is 1. The molecule has 0 amide bonds. The number of hydrogen-bond acceptors (Lipinski definition) is 6. The summed E-state index contributed by atoms with van der Waals surface area (Å²) < 4.78 is 26.4. The van der Waals surface area contributed by atoms with Crippen LogP contribution in [0, 0.1) is 0 Å². The maximum absolute atomic E-state index is 13.0. The smallest absolute Gasteiger partial charge is 0.188 e. The minimum atomic E-state index is -3.50. The van der Waals surface area contributed by atoms with Gasteiger partial charge in [-0.2, -0.15) is 5.10 Å². The van der Waals surface area contributed by atoms with Gasteiger partial charge >= 0.3 is 0 Å². The van der Waals surface area contributed by atoms with E-state index in [0.717, 1.165) is 29.5 Å². The molecule has 7 nitrogen and oxygen atoms in total. The van der Waals surface area contributed by atoms with Crippen molar-refractivity contribution in [2.24, 2.45) is 17.8 Å². The second-order valence-electron chi connectivity index (χ2n) is 8.74. The van der Waals surface area contributed by atoms with E-state index in [2.05, 4.69) is 5.10 Å². The Hall–Kier alpha value is -2.19. The fraction of sp³-hybridized carbons (Fsp3) is 0.476. The summed E-state index contributed by atoms with van der Waals surface area (Å²) in [4.78, 5) is 17.5. The number of fused-ring (bicyclic) bond motifs is 2. The number of ketones is 1. The van der Waals surface area contributed by atoms with E-state index in [9.17, 15) is 13.2 Å². The molecular formula is C21H25ClN4O3S. The maximum atomic E-state index is 13.0. The van der Waals surface area contributed by atoms with Crippen LogP contribution in [0.3, 0.4) is 0 Å². The van der Waals surface area contributed by atoms with Crippen LogP contribution in [0.25, 0.3) is 0 Å². The van der Waals surface area contributed by atoms with Gasteiger partial charge in [-0.25, -0.2) is 8.42 Å². The highest BCUT2D eigenvalue weighted by atomic mass is 35.5. The predicted molar refractivity (Wildman–Crippen MR) is 117 cm³/mol. The first-order chi connectivity index (χ1) is 13.9. The third kappa shape index (κ3) is 3.26. The number of nitrogens with two attached hydrogens (primary N) is 1. The summed E-state index contributed by atoms with van der Waals surface area (Å²) in [6, 6.07) is 5.78. The molecule has 4 rings (SSSR count). The minimum Gasteiger partial charge on any atom is -0.386 e. The fourth-order valence-corrected chi connectivity index (χ4v) is 6.33. The SMILES string of the molecule is Cn1cc(Cl)c(C(=O)Cc2ccc3c(c2)[C@]2(CCC3)CS(=O)(=O)C(C)(C)C(N)=N2)n1. The van der Waals surface area contributed by atoms with Crippen molar-refractivity contribution in [2.45, 2.75) is 49.8 Å². The zero-order valence-corrected chi connectivity index (χ0v) is 18.8. The zero-order valence-electron chi connectivity index (χ0n) is 17.3. The van der Waals surface area contributed by atoms with Gasteiger partial charge in [0.05, 0.1) is 10.8 Å². The Balaban J connectivity index is 1.75. The normalized spacial score (nSPS) is 24.3. The molecule has 0 unspecified atom stereocenters. The second-order valence-corrected chi connectivity index (χ2v) is 11.7. The van der Waals surface area contributed by atoms with Crippen LogP contribution in [0.5, 0.6) is 0 Å². The Labute approximate surface area is 181 Å². The molecule has 2 N–H and O–H groups in total. The molecular weight excluding hydrogens is 424 g/mol. The Kier molecular flexibility index (Phi) is 4.86. The molecule has 0 saturated carbocycles. The van der Waals surface area contributed by atoms with Crippen molar-refractivity contribution in [2.75, 3.05) is 5.75 Å². The van der Waals surface area contributed by atoms with Crippen LogP contribution in [-0.2, 0) is 35.3 Å². The Bertz CT molecular complexity index is 1180. The predicted octanol–water partition coefficient (Wildman–Crippen LogP) is 2.59. The van der Waals surface area contributed by atoms with Crippen molar-refractivity contribution >= 4 is 33.1 Å². The molecule has 0 radical (unpaired) electrons. The lowest BCUT2D eigenvalue weighted by molar-refractivity contribution is 0.0987. The van der Waals surface area contributed by atoms with Crippen molar-refractivity contribution in [1.29, 1.82) is 0 Å². The van der Waals surface area contributed by atoms with Gasteiger partial charge in [0.25, 0.3) is 0 Å². The minimum absolute atomic E-state index is 0.0792. The first-order valence-corrected chi connectivity index (χ1v) is 11.9. The van der Waals surface area contributed by atoms with Gasteiger partial charge < -0.3 is 5.73 Å². The van der Waals surface area contributed by atoms with E-state index in [1.807, 2.05) is 18.2 Å². The number of benzene rings is 1. The Morgan fingerprint density at radius 3 is 2.70 bits per heavy atom. The lowest BCUT2D eigenvalue weighted by atomic mass is 9.76. The standard InChI is InChI=1S/C21H25ClN4O3S/c1-20(2)19(23)24-21(12-30(20,28)29)8-4-5-14-7-6-13(9-15(14)21)10-17(27)18-16(22)11-26(3)25-18/h6-7,9,11H,4-5,8,10,12H2,1-3H3,(H2,23,24)/t21-/m0/s1. The fourth-order valence-electron chi connectivity index (χ4n) is 4.33. The van der Waals surface area contributed by atoms with Crippen LogP contribution < -0.4 is 5.73 Å². The number of sulfone groups is 1. The van der Waals surface area contributed by atoms with Crippen molar-refractivity contribution < 1.29 is 13.2 Å². The number of carbonyl (C=O) groups excluding carboxylic acids is 1. The number of nitrogens with zero attached hydrogens (tertiary/aromatic N) is 3.